The second-order valence-electron chi connectivity index (χ2n) is 3.10. The van der Waals surface area contributed by atoms with Crippen molar-refractivity contribution in [1.29, 1.82) is 0 Å². The summed E-state index contributed by atoms with van der Waals surface area (Å²) in [6.07, 6.45) is 3.90. The molecular weight excluding hydrogens is 178 g/mol. The average Bonchev–Trinajstić information content (AvgIpc) is 2.19. The maximum Gasteiger partial charge on any atom is 0.189 e. The summed E-state index contributed by atoms with van der Waals surface area (Å²) >= 11 is 0. The summed E-state index contributed by atoms with van der Waals surface area (Å²) in [5.74, 6) is 0. The fraction of sp³-hybridized carbons (Fsp3) is 0.182. The largest absolute Gasteiger partial charge is 0.366 e. The Morgan fingerprint density at radius 2 is 2.00 bits per heavy atom. The van der Waals surface area contributed by atoms with E-state index in [4.69, 9.17) is 10.8 Å². The molecule has 3 N–H and O–H groups in total. The SMILES string of the molecule is NC(O)(C=O)C=CCc1ccccc1. The fourth-order valence-corrected chi connectivity index (χ4v) is 1.04. The number of nitrogens with two attached hydrogens (primary N) is 1. The van der Waals surface area contributed by atoms with Crippen molar-refractivity contribution in [2.75, 3.05) is 0 Å². The zero-order valence-electron chi connectivity index (χ0n) is 7.76. The van der Waals surface area contributed by atoms with Gasteiger partial charge >= 0.3 is 0 Å². The van der Waals surface area contributed by atoms with Crippen molar-refractivity contribution in [2.45, 2.75) is 12.1 Å². The van der Waals surface area contributed by atoms with Gasteiger partial charge in [-0.25, -0.2) is 0 Å². The summed E-state index contributed by atoms with van der Waals surface area (Å²) in [6.45, 7) is 0. The van der Waals surface area contributed by atoms with Gasteiger partial charge in [0.25, 0.3) is 0 Å². The molecule has 0 fully saturated rings. The third-order valence-electron chi connectivity index (χ3n) is 1.77. The van der Waals surface area contributed by atoms with E-state index in [0.29, 0.717) is 12.7 Å². The molecule has 0 aliphatic carbocycles. The number of hydrogen-bond donors (Lipinski definition) is 2. The third-order valence-corrected chi connectivity index (χ3v) is 1.77. The molecule has 1 aromatic rings. The van der Waals surface area contributed by atoms with Crippen LogP contribution in [0.4, 0.5) is 0 Å². The lowest BCUT2D eigenvalue weighted by atomic mass is 10.1. The highest BCUT2D eigenvalue weighted by Gasteiger charge is 2.13. The van der Waals surface area contributed by atoms with Crippen molar-refractivity contribution in [3.63, 3.8) is 0 Å². The highest BCUT2D eigenvalue weighted by molar-refractivity contribution is 5.64. The number of carbonyl (C=O) groups excluding carboxylic acids is 1. The number of allylic oxidation sites excluding steroid dienone is 1. The van der Waals surface area contributed by atoms with Crippen LogP contribution in [0.15, 0.2) is 42.5 Å². The van der Waals surface area contributed by atoms with Gasteiger partial charge in [-0.2, -0.15) is 0 Å². The molecular formula is C11H13NO2. The number of carbonyl (C=O) groups is 1. The Kier molecular flexibility index (Phi) is 3.56. The van der Waals surface area contributed by atoms with E-state index in [9.17, 15) is 4.79 Å². The van der Waals surface area contributed by atoms with E-state index in [1.165, 1.54) is 6.08 Å². The predicted octanol–water partition coefficient (Wildman–Crippen LogP) is 0.631. The first-order chi connectivity index (χ1) is 6.64. The zero-order valence-corrected chi connectivity index (χ0v) is 7.76. The van der Waals surface area contributed by atoms with Crippen molar-refractivity contribution in [2.24, 2.45) is 5.73 Å². The third kappa shape index (κ3) is 3.51. The minimum Gasteiger partial charge on any atom is -0.366 e. The fourth-order valence-electron chi connectivity index (χ4n) is 1.04. The number of aldehydes is 1. The maximum absolute atomic E-state index is 10.2. The molecule has 1 unspecified atom stereocenters. The van der Waals surface area contributed by atoms with Crippen LogP contribution >= 0.6 is 0 Å². The second-order valence-corrected chi connectivity index (χ2v) is 3.10. The van der Waals surface area contributed by atoms with Gasteiger partial charge in [0.2, 0.25) is 0 Å². The van der Waals surface area contributed by atoms with E-state index in [-0.39, 0.29) is 0 Å². The molecule has 0 aromatic heterocycles. The molecule has 74 valence electrons. The molecule has 1 atom stereocenters. The van der Waals surface area contributed by atoms with E-state index in [2.05, 4.69) is 0 Å². The van der Waals surface area contributed by atoms with Crippen LogP contribution in [0.2, 0.25) is 0 Å². The van der Waals surface area contributed by atoms with Gasteiger partial charge in [0.1, 0.15) is 0 Å². The summed E-state index contributed by atoms with van der Waals surface area (Å²) in [5, 5.41) is 9.12. The molecule has 0 amide bonds. The topological polar surface area (TPSA) is 63.3 Å². The average molecular weight is 191 g/mol. The lowest BCUT2D eigenvalue weighted by Crippen LogP contribution is -2.38. The smallest absolute Gasteiger partial charge is 0.189 e. The molecule has 0 heterocycles. The van der Waals surface area contributed by atoms with Crippen LogP contribution in [-0.4, -0.2) is 17.1 Å². The molecule has 0 radical (unpaired) electrons. The molecule has 1 aromatic carbocycles. The molecule has 3 heteroatoms. The highest BCUT2D eigenvalue weighted by Crippen LogP contribution is 2.01. The molecule has 3 nitrogen and oxygen atoms in total. The van der Waals surface area contributed by atoms with Crippen molar-refractivity contribution in [3.8, 4) is 0 Å². The first-order valence-electron chi connectivity index (χ1n) is 4.33. The molecule has 1 rings (SSSR count). The van der Waals surface area contributed by atoms with Gasteiger partial charge in [0.05, 0.1) is 0 Å². The molecule has 0 spiro atoms. The number of hydrogen-bond acceptors (Lipinski definition) is 3. The summed E-state index contributed by atoms with van der Waals surface area (Å²) in [5.41, 5.74) is 4.44. The summed E-state index contributed by atoms with van der Waals surface area (Å²) in [4.78, 5) is 10.2. The Morgan fingerprint density at radius 1 is 1.36 bits per heavy atom. The molecule has 0 aliphatic rings. The first-order valence-corrected chi connectivity index (χ1v) is 4.33. The van der Waals surface area contributed by atoms with E-state index in [0.717, 1.165) is 5.56 Å². The Hall–Kier alpha value is -1.45. The minimum absolute atomic E-state index is 0.300. The monoisotopic (exact) mass is 191 g/mol. The minimum atomic E-state index is -1.84. The van der Waals surface area contributed by atoms with Gasteiger partial charge in [0, 0.05) is 0 Å². The molecule has 0 saturated carbocycles. The normalized spacial score (nSPS) is 15.3. The van der Waals surface area contributed by atoms with Crippen molar-refractivity contribution >= 4 is 6.29 Å². The van der Waals surface area contributed by atoms with Gasteiger partial charge in [-0.15, -0.1) is 0 Å². The Balaban J connectivity index is 2.53. The summed E-state index contributed by atoms with van der Waals surface area (Å²) in [7, 11) is 0. The number of rotatable bonds is 4. The van der Waals surface area contributed by atoms with Crippen LogP contribution in [-0.2, 0) is 11.2 Å². The zero-order chi connectivity index (χ0) is 10.4. The number of benzene rings is 1. The van der Waals surface area contributed by atoms with Crippen LogP contribution in [0.25, 0.3) is 0 Å². The first kappa shape index (κ1) is 10.6. The molecule has 0 saturated heterocycles. The van der Waals surface area contributed by atoms with Crippen LogP contribution in [0.1, 0.15) is 5.56 Å². The van der Waals surface area contributed by atoms with Crippen LogP contribution in [0, 0.1) is 0 Å². The summed E-state index contributed by atoms with van der Waals surface area (Å²) < 4.78 is 0. The van der Waals surface area contributed by atoms with E-state index in [1.54, 1.807) is 6.08 Å². The lowest BCUT2D eigenvalue weighted by molar-refractivity contribution is -0.119. The maximum atomic E-state index is 10.2. The van der Waals surface area contributed by atoms with E-state index >= 15 is 0 Å². The quantitative estimate of drug-likeness (QED) is 0.417. The van der Waals surface area contributed by atoms with Crippen molar-refractivity contribution in [3.05, 3.63) is 48.0 Å². The summed E-state index contributed by atoms with van der Waals surface area (Å²) in [6, 6.07) is 9.70. The second kappa shape index (κ2) is 4.69. The lowest BCUT2D eigenvalue weighted by Gasteiger charge is -2.08. The predicted molar refractivity (Wildman–Crippen MR) is 54.5 cm³/mol. The highest BCUT2D eigenvalue weighted by atomic mass is 16.3. The van der Waals surface area contributed by atoms with Crippen molar-refractivity contribution < 1.29 is 9.90 Å². The van der Waals surface area contributed by atoms with E-state index in [1.807, 2.05) is 30.3 Å². The van der Waals surface area contributed by atoms with Gasteiger partial charge in [-0.05, 0) is 18.1 Å². The number of aliphatic hydroxyl groups is 1. The van der Waals surface area contributed by atoms with E-state index < -0.39 is 5.72 Å². The van der Waals surface area contributed by atoms with Crippen LogP contribution in [0.5, 0.6) is 0 Å². The van der Waals surface area contributed by atoms with Gasteiger partial charge in [0.15, 0.2) is 12.0 Å². The Labute approximate surface area is 82.9 Å². The Bertz CT molecular complexity index is 317. The molecule has 0 aliphatic heterocycles. The standard InChI is InChI=1S/C11H13NO2/c12-11(14,9-13)8-4-7-10-5-2-1-3-6-10/h1-6,8-9,14H,7,12H2. The van der Waals surface area contributed by atoms with Crippen LogP contribution < -0.4 is 5.73 Å². The van der Waals surface area contributed by atoms with Crippen LogP contribution in [0.3, 0.4) is 0 Å². The van der Waals surface area contributed by atoms with Gasteiger partial charge in [-0.1, -0.05) is 36.4 Å². The Morgan fingerprint density at radius 3 is 2.57 bits per heavy atom. The molecule has 14 heavy (non-hydrogen) atoms. The van der Waals surface area contributed by atoms with Gasteiger partial charge in [-0.3, -0.25) is 10.5 Å². The van der Waals surface area contributed by atoms with Gasteiger partial charge < -0.3 is 5.11 Å². The van der Waals surface area contributed by atoms with Crippen molar-refractivity contribution in [1.82, 2.24) is 0 Å². The molecule has 0 bridgehead atoms.